The van der Waals surface area contributed by atoms with Crippen LogP contribution in [0.3, 0.4) is 0 Å². The average Bonchev–Trinajstić information content (AvgIpc) is 3.27. The highest BCUT2D eigenvalue weighted by Gasteiger charge is 2.26. The minimum absolute atomic E-state index is 0.134. The lowest BCUT2D eigenvalue weighted by atomic mass is 10.3. The highest BCUT2D eigenvalue weighted by Crippen LogP contribution is 2.25. The Balaban J connectivity index is 1.65. The molecule has 9 heteroatoms. The molecule has 0 aliphatic rings. The zero-order chi connectivity index (χ0) is 21.4. The van der Waals surface area contributed by atoms with Gasteiger partial charge in [0, 0.05) is 16.8 Å². The molecule has 0 unspecified atom stereocenters. The maximum absolute atomic E-state index is 13.2. The van der Waals surface area contributed by atoms with Gasteiger partial charge < -0.3 is 9.73 Å². The van der Waals surface area contributed by atoms with Crippen molar-refractivity contribution < 1.29 is 17.6 Å². The van der Waals surface area contributed by atoms with Crippen molar-refractivity contribution in [3.8, 4) is 0 Å². The standard InChI is InChI=1S/C21H21BrN2O4S2/c22-17-8-10-18(11-9-17)24(30(26,27)20-6-2-1-3-7-20)15-21(25)23-12-14-29-16-19-5-4-13-28-19/h1-11,13H,12,14-16H2,(H,23,25). The molecule has 1 amide bonds. The fourth-order valence-electron chi connectivity index (χ4n) is 2.66. The number of rotatable bonds is 10. The second-order valence-electron chi connectivity index (χ2n) is 6.28. The van der Waals surface area contributed by atoms with Gasteiger partial charge in [0.15, 0.2) is 0 Å². The average molecular weight is 509 g/mol. The number of hydrogen-bond donors (Lipinski definition) is 1. The van der Waals surface area contributed by atoms with E-state index in [2.05, 4.69) is 21.2 Å². The molecule has 2 aromatic carbocycles. The van der Waals surface area contributed by atoms with Gasteiger partial charge in [-0.1, -0.05) is 34.1 Å². The van der Waals surface area contributed by atoms with Crippen molar-refractivity contribution in [1.82, 2.24) is 5.32 Å². The van der Waals surface area contributed by atoms with E-state index in [1.165, 1.54) is 12.1 Å². The van der Waals surface area contributed by atoms with Crippen molar-refractivity contribution in [3.05, 3.63) is 83.2 Å². The minimum atomic E-state index is -3.89. The lowest BCUT2D eigenvalue weighted by molar-refractivity contribution is -0.119. The van der Waals surface area contributed by atoms with E-state index in [1.807, 2.05) is 12.1 Å². The number of furan rings is 1. The van der Waals surface area contributed by atoms with Crippen molar-refractivity contribution in [2.75, 3.05) is 23.1 Å². The molecular formula is C21H21BrN2O4S2. The van der Waals surface area contributed by atoms with Crippen molar-refractivity contribution in [2.24, 2.45) is 0 Å². The van der Waals surface area contributed by atoms with Gasteiger partial charge in [0.05, 0.1) is 22.6 Å². The third kappa shape index (κ3) is 6.13. The molecule has 6 nitrogen and oxygen atoms in total. The molecule has 3 aromatic rings. The maximum atomic E-state index is 13.2. The molecule has 3 rings (SSSR count). The number of carbonyl (C=O) groups is 1. The first-order valence-corrected chi connectivity index (χ1v) is 12.6. The SMILES string of the molecule is O=C(CN(c1ccc(Br)cc1)S(=O)(=O)c1ccccc1)NCCSCc1ccco1. The number of nitrogens with zero attached hydrogens (tertiary/aromatic N) is 1. The molecule has 0 saturated heterocycles. The first-order chi connectivity index (χ1) is 14.5. The Kier molecular flexibility index (Phi) is 8.01. The number of anilines is 1. The van der Waals surface area contributed by atoms with Gasteiger partial charge in [0.2, 0.25) is 5.91 Å². The molecule has 0 radical (unpaired) electrons. The smallest absolute Gasteiger partial charge is 0.264 e. The second-order valence-corrected chi connectivity index (χ2v) is 10.2. The lowest BCUT2D eigenvalue weighted by Gasteiger charge is -2.24. The lowest BCUT2D eigenvalue weighted by Crippen LogP contribution is -2.41. The summed E-state index contributed by atoms with van der Waals surface area (Å²) in [7, 11) is -3.89. The zero-order valence-corrected chi connectivity index (χ0v) is 19.3. The van der Waals surface area contributed by atoms with Crippen molar-refractivity contribution >= 4 is 49.3 Å². The summed E-state index contributed by atoms with van der Waals surface area (Å²) < 4.78 is 33.6. The minimum Gasteiger partial charge on any atom is -0.468 e. The fourth-order valence-corrected chi connectivity index (χ4v) is 5.12. The first-order valence-electron chi connectivity index (χ1n) is 9.17. The number of benzene rings is 2. The van der Waals surface area contributed by atoms with Crippen LogP contribution in [0, 0.1) is 0 Å². The van der Waals surface area contributed by atoms with Gasteiger partial charge in [-0.25, -0.2) is 8.42 Å². The number of sulfonamides is 1. The zero-order valence-electron chi connectivity index (χ0n) is 16.0. The molecule has 0 aliphatic carbocycles. The van der Waals surface area contributed by atoms with E-state index in [1.54, 1.807) is 60.5 Å². The van der Waals surface area contributed by atoms with Gasteiger partial charge >= 0.3 is 0 Å². The Morgan fingerprint density at radius 1 is 1.03 bits per heavy atom. The van der Waals surface area contributed by atoms with E-state index in [-0.39, 0.29) is 17.3 Å². The quantitative estimate of drug-likeness (QED) is 0.413. The predicted octanol–water partition coefficient (Wildman–Crippen LogP) is 4.29. The maximum Gasteiger partial charge on any atom is 0.264 e. The number of nitrogens with one attached hydrogen (secondary N) is 1. The Morgan fingerprint density at radius 3 is 2.43 bits per heavy atom. The summed E-state index contributed by atoms with van der Waals surface area (Å²) in [5, 5.41) is 2.79. The van der Waals surface area contributed by atoms with Gasteiger partial charge in [0.25, 0.3) is 10.0 Å². The largest absolute Gasteiger partial charge is 0.468 e. The van der Waals surface area contributed by atoms with Crippen LogP contribution in [0.5, 0.6) is 0 Å². The van der Waals surface area contributed by atoms with Crippen LogP contribution in [-0.4, -0.2) is 33.2 Å². The number of thioether (sulfide) groups is 1. The Morgan fingerprint density at radius 2 is 1.77 bits per heavy atom. The topological polar surface area (TPSA) is 79.6 Å². The Labute approximate surface area is 188 Å². The number of amides is 1. The monoisotopic (exact) mass is 508 g/mol. The molecular weight excluding hydrogens is 488 g/mol. The number of hydrogen-bond acceptors (Lipinski definition) is 5. The molecule has 0 spiro atoms. The highest BCUT2D eigenvalue weighted by molar-refractivity contribution is 9.10. The van der Waals surface area contributed by atoms with Crippen LogP contribution < -0.4 is 9.62 Å². The van der Waals surface area contributed by atoms with E-state index >= 15 is 0 Å². The van der Waals surface area contributed by atoms with Crippen molar-refractivity contribution in [2.45, 2.75) is 10.6 Å². The number of halogens is 1. The van der Waals surface area contributed by atoms with E-state index in [4.69, 9.17) is 4.42 Å². The molecule has 0 aliphatic heterocycles. The van der Waals surface area contributed by atoms with Crippen LogP contribution >= 0.6 is 27.7 Å². The normalized spacial score (nSPS) is 11.2. The Bertz CT molecular complexity index is 1040. The Hall–Kier alpha value is -2.23. The van der Waals surface area contributed by atoms with E-state index in [0.29, 0.717) is 18.0 Å². The molecule has 1 N–H and O–H groups in total. The predicted molar refractivity (Wildman–Crippen MR) is 123 cm³/mol. The van der Waals surface area contributed by atoms with Crippen LogP contribution in [0.1, 0.15) is 5.76 Å². The summed E-state index contributed by atoms with van der Waals surface area (Å²) in [6.07, 6.45) is 1.63. The summed E-state index contributed by atoms with van der Waals surface area (Å²) in [6, 6.07) is 18.6. The molecule has 1 heterocycles. The van der Waals surface area contributed by atoms with Gasteiger partial charge in [0.1, 0.15) is 12.3 Å². The van der Waals surface area contributed by atoms with E-state index in [0.717, 1.165) is 20.3 Å². The van der Waals surface area contributed by atoms with Gasteiger partial charge in [-0.2, -0.15) is 11.8 Å². The van der Waals surface area contributed by atoms with Crippen LogP contribution in [0.2, 0.25) is 0 Å². The molecule has 0 bridgehead atoms. The van der Waals surface area contributed by atoms with Crippen molar-refractivity contribution in [1.29, 1.82) is 0 Å². The highest BCUT2D eigenvalue weighted by atomic mass is 79.9. The summed E-state index contributed by atoms with van der Waals surface area (Å²) >= 11 is 4.97. The summed E-state index contributed by atoms with van der Waals surface area (Å²) in [5.41, 5.74) is 0.421. The summed E-state index contributed by atoms with van der Waals surface area (Å²) in [4.78, 5) is 12.6. The van der Waals surface area contributed by atoms with Crippen LogP contribution in [0.25, 0.3) is 0 Å². The van der Waals surface area contributed by atoms with Gasteiger partial charge in [-0.3, -0.25) is 9.10 Å². The summed E-state index contributed by atoms with van der Waals surface area (Å²) in [5.74, 6) is 1.92. The van der Waals surface area contributed by atoms with Crippen LogP contribution in [0.15, 0.2) is 86.8 Å². The molecule has 0 fully saturated rings. The van der Waals surface area contributed by atoms with Crippen LogP contribution in [0.4, 0.5) is 5.69 Å². The first kappa shape index (κ1) is 22.5. The molecule has 0 atom stereocenters. The number of carbonyl (C=O) groups excluding carboxylic acids is 1. The van der Waals surface area contributed by atoms with Crippen molar-refractivity contribution in [3.63, 3.8) is 0 Å². The summed E-state index contributed by atoms with van der Waals surface area (Å²) in [6.45, 7) is 0.130. The fraction of sp³-hybridized carbons (Fsp3) is 0.190. The van der Waals surface area contributed by atoms with Gasteiger partial charge in [-0.15, -0.1) is 0 Å². The van der Waals surface area contributed by atoms with E-state index < -0.39 is 10.0 Å². The van der Waals surface area contributed by atoms with Gasteiger partial charge in [-0.05, 0) is 48.5 Å². The third-order valence-electron chi connectivity index (χ3n) is 4.13. The molecule has 30 heavy (non-hydrogen) atoms. The third-order valence-corrected chi connectivity index (χ3v) is 7.42. The van der Waals surface area contributed by atoms with Crippen LogP contribution in [-0.2, 0) is 20.6 Å². The molecule has 0 saturated carbocycles. The van der Waals surface area contributed by atoms with E-state index in [9.17, 15) is 13.2 Å². The molecule has 1 aromatic heterocycles. The molecule has 158 valence electrons. The second kappa shape index (κ2) is 10.7.